The van der Waals surface area contributed by atoms with Crippen LogP contribution in [0.4, 0.5) is 5.82 Å². The lowest BCUT2D eigenvalue weighted by atomic mass is 10.2. The van der Waals surface area contributed by atoms with Gasteiger partial charge in [-0.2, -0.15) is 4.98 Å². The summed E-state index contributed by atoms with van der Waals surface area (Å²) < 4.78 is 11.2. The Hall–Kier alpha value is -1.69. The molecular weight excluding hydrogens is 256 g/mol. The largest absolute Gasteiger partial charge is 0.422 e. The topological polar surface area (TPSA) is 64.3 Å². The van der Waals surface area contributed by atoms with Gasteiger partial charge in [0.25, 0.3) is 5.71 Å². The van der Waals surface area contributed by atoms with Gasteiger partial charge >= 0.3 is 0 Å². The molecule has 6 heteroatoms. The second-order valence-corrected chi connectivity index (χ2v) is 5.16. The predicted molar refractivity (Wildman–Crippen MR) is 75.8 cm³/mol. The SMILES string of the molecule is CCCN(CC1CCCO1)c1ncnc2oc(C)nc12. The summed E-state index contributed by atoms with van der Waals surface area (Å²) in [7, 11) is 0. The summed E-state index contributed by atoms with van der Waals surface area (Å²) in [5, 5.41) is 0. The molecule has 1 aliphatic heterocycles. The number of fused-ring (bicyclic) bond motifs is 1. The number of nitrogens with zero attached hydrogens (tertiary/aromatic N) is 4. The summed E-state index contributed by atoms with van der Waals surface area (Å²) in [6.45, 7) is 6.64. The van der Waals surface area contributed by atoms with Gasteiger partial charge < -0.3 is 14.1 Å². The Balaban J connectivity index is 1.91. The van der Waals surface area contributed by atoms with Crippen LogP contribution in [0, 0.1) is 6.92 Å². The highest BCUT2D eigenvalue weighted by Crippen LogP contribution is 2.24. The average Bonchev–Trinajstić information content (AvgIpc) is 3.05. The molecule has 0 aliphatic carbocycles. The molecule has 2 aromatic rings. The van der Waals surface area contributed by atoms with Gasteiger partial charge in [0.15, 0.2) is 17.2 Å². The number of hydrogen-bond acceptors (Lipinski definition) is 6. The molecule has 1 saturated heterocycles. The highest BCUT2D eigenvalue weighted by atomic mass is 16.5. The average molecular weight is 276 g/mol. The van der Waals surface area contributed by atoms with Crippen molar-refractivity contribution >= 4 is 17.0 Å². The molecule has 0 N–H and O–H groups in total. The minimum absolute atomic E-state index is 0.291. The highest BCUT2D eigenvalue weighted by molar-refractivity contribution is 5.81. The number of aromatic nitrogens is 3. The fourth-order valence-electron chi connectivity index (χ4n) is 2.67. The fraction of sp³-hybridized carbons (Fsp3) is 0.643. The van der Waals surface area contributed by atoms with Gasteiger partial charge in [-0.05, 0) is 19.3 Å². The predicted octanol–water partition coefficient (Wildman–Crippen LogP) is 2.32. The molecule has 0 bridgehead atoms. The van der Waals surface area contributed by atoms with Crippen LogP contribution < -0.4 is 4.90 Å². The maximum absolute atomic E-state index is 5.74. The Morgan fingerprint density at radius 2 is 2.30 bits per heavy atom. The molecule has 0 aromatic carbocycles. The van der Waals surface area contributed by atoms with Crippen LogP contribution in [0.1, 0.15) is 32.1 Å². The molecule has 1 aliphatic rings. The van der Waals surface area contributed by atoms with Crippen LogP contribution in [-0.2, 0) is 4.74 Å². The summed E-state index contributed by atoms with van der Waals surface area (Å²) >= 11 is 0. The number of ether oxygens (including phenoxy) is 1. The van der Waals surface area contributed by atoms with Crippen LogP contribution in [0.3, 0.4) is 0 Å². The van der Waals surface area contributed by atoms with E-state index in [0.29, 0.717) is 17.7 Å². The molecule has 2 aromatic heterocycles. The smallest absolute Gasteiger partial charge is 0.252 e. The lowest BCUT2D eigenvalue weighted by Gasteiger charge is -2.25. The van der Waals surface area contributed by atoms with E-state index in [1.165, 1.54) is 0 Å². The standard InChI is InChI=1S/C14H20N4O2/c1-3-6-18(8-11-5-4-7-19-11)13-12-14(16-9-15-13)20-10(2)17-12/h9,11H,3-8H2,1-2H3. The second-order valence-electron chi connectivity index (χ2n) is 5.16. The van der Waals surface area contributed by atoms with Crippen LogP contribution in [0.5, 0.6) is 0 Å². The molecule has 3 heterocycles. The van der Waals surface area contributed by atoms with Crippen LogP contribution in [0.2, 0.25) is 0 Å². The zero-order valence-electron chi connectivity index (χ0n) is 12.0. The van der Waals surface area contributed by atoms with E-state index >= 15 is 0 Å². The van der Waals surface area contributed by atoms with Crippen molar-refractivity contribution in [2.24, 2.45) is 0 Å². The van der Waals surface area contributed by atoms with Gasteiger partial charge in [0.2, 0.25) is 0 Å². The quantitative estimate of drug-likeness (QED) is 0.835. The molecule has 1 unspecified atom stereocenters. The maximum Gasteiger partial charge on any atom is 0.252 e. The Bertz CT molecular complexity index is 578. The summed E-state index contributed by atoms with van der Waals surface area (Å²) in [6.07, 6.45) is 5.15. The van der Waals surface area contributed by atoms with E-state index in [0.717, 1.165) is 50.3 Å². The normalized spacial score (nSPS) is 18.8. The lowest BCUT2D eigenvalue weighted by molar-refractivity contribution is 0.115. The molecule has 0 amide bonds. The van der Waals surface area contributed by atoms with Crippen molar-refractivity contribution in [3.8, 4) is 0 Å². The molecule has 20 heavy (non-hydrogen) atoms. The van der Waals surface area contributed by atoms with E-state index in [1.54, 1.807) is 6.33 Å². The number of anilines is 1. The van der Waals surface area contributed by atoms with Crippen LogP contribution >= 0.6 is 0 Å². The molecule has 3 rings (SSSR count). The van der Waals surface area contributed by atoms with Gasteiger partial charge in [-0.25, -0.2) is 9.97 Å². The maximum atomic E-state index is 5.74. The van der Waals surface area contributed by atoms with Crippen molar-refractivity contribution in [3.05, 3.63) is 12.2 Å². The summed E-state index contributed by atoms with van der Waals surface area (Å²) in [5.74, 6) is 1.47. The van der Waals surface area contributed by atoms with Crippen LogP contribution in [0.15, 0.2) is 10.7 Å². The second kappa shape index (κ2) is 5.75. The third-order valence-corrected chi connectivity index (χ3v) is 3.52. The Labute approximate surface area is 118 Å². The van der Waals surface area contributed by atoms with Gasteiger partial charge in [-0.15, -0.1) is 0 Å². The van der Waals surface area contributed by atoms with Crippen molar-refractivity contribution in [1.29, 1.82) is 0 Å². The lowest BCUT2D eigenvalue weighted by Crippen LogP contribution is -2.33. The molecule has 0 saturated carbocycles. The molecule has 108 valence electrons. The van der Waals surface area contributed by atoms with Crippen molar-refractivity contribution in [1.82, 2.24) is 15.0 Å². The first-order chi connectivity index (χ1) is 9.78. The molecule has 0 radical (unpaired) electrons. The van der Waals surface area contributed by atoms with Crippen molar-refractivity contribution in [3.63, 3.8) is 0 Å². The number of rotatable bonds is 5. The molecule has 0 spiro atoms. The first kappa shape index (κ1) is 13.3. The highest BCUT2D eigenvalue weighted by Gasteiger charge is 2.22. The Kier molecular flexibility index (Phi) is 3.82. The van der Waals surface area contributed by atoms with Gasteiger partial charge in [0, 0.05) is 26.6 Å². The number of aryl methyl sites for hydroxylation is 1. The van der Waals surface area contributed by atoms with E-state index in [1.807, 2.05) is 6.92 Å². The zero-order chi connectivity index (χ0) is 13.9. The monoisotopic (exact) mass is 276 g/mol. The third-order valence-electron chi connectivity index (χ3n) is 3.52. The molecule has 1 fully saturated rings. The molecular formula is C14H20N4O2. The third kappa shape index (κ3) is 2.60. The van der Waals surface area contributed by atoms with E-state index in [4.69, 9.17) is 9.15 Å². The first-order valence-corrected chi connectivity index (χ1v) is 7.22. The van der Waals surface area contributed by atoms with Crippen molar-refractivity contribution in [2.75, 3.05) is 24.6 Å². The van der Waals surface area contributed by atoms with E-state index in [2.05, 4.69) is 26.8 Å². The Morgan fingerprint density at radius 3 is 3.05 bits per heavy atom. The van der Waals surface area contributed by atoms with Crippen molar-refractivity contribution < 1.29 is 9.15 Å². The zero-order valence-corrected chi connectivity index (χ0v) is 12.0. The minimum Gasteiger partial charge on any atom is -0.422 e. The van der Waals surface area contributed by atoms with Crippen LogP contribution in [-0.4, -0.2) is 40.8 Å². The summed E-state index contributed by atoms with van der Waals surface area (Å²) in [4.78, 5) is 15.2. The number of oxazole rings is 1. The van der Waals surface area contributed by atoms with Gasteiger partial charge in [0.05, 0.1) is 6.10 Å². The van der Waals surface area contributed by atoms with E-state index in [-0.39, 0.29) is 0 Å². The Morgan fingerprint density at radius 1 is 1.40 bits per heavy atom. The van der Waals surface area contributed by atoms with Crippen LogP contribution in [0.25, 0.3) is 11.2 Å². The van der Waals surface area contributed by atoms with Gasteiger partial charge in [0.1, 0.15) is 6.33 Å². The number of hydrogen-bond donors (Lipinski definition) is 0. The van der Waals surface area contributed by atoms with Gasteiger partial charge in [-0.1, -0.05) is 6.92 Å². The molecule has 6 nitrogen and oxygen atoms in total. The first-order valence-electron chi connectivity index (χ1n) is 7.22. The summed E-state index contributed by atoms with van der Waals surface area (Å²) in [6, 6.07) is 0. The fourth-order valence-corrected chi connectivity index (χ4v) is 2.67. The molecule has 1 atom stereocenters. The van der Waals surface area contributed by atoms with E-state index in [9.17, 15) is 0 Å². The van der Waals surface area contributed by atoms with Crippen molar-refractivity contribution in [2.45, 2.75) is 39.2 Å². The summed E-state index contributed by atoms with van der Waals surface area (Å²) in [5.41, 5.74) is 1.30. The van der Waals surface area contributed by atoms with Gasteiger partial charge in [-0.3, -0.25) is 0 Å². The van der Waals surface area contributed by atoms with E-state index < -0.39 is 0 Å². The minimum atomic E-state index is 0.291.